The van der Waals surface area contributed by atoms with Crippen LogP contribution in [0.2, 0.25) is 0 Å². The van der Waals surface area contributed by atoms with Crippen LogP contribution in [-0.2, 0) is 6.18 Å². The third kappa shape index (κ3) is 7.05. The third-order valence-corrected chi connectivity index (χ3v) is 3.77. The fourth-order valence-electron chi connectivity index (χ4n) is 2.12. The number of alkyl halides is 3. The van der Waals surface area contributed by atoms with Crippen LogP contribution in [-0.4, -0.2) is 46.9 Å². The number of anilines is 2. The summed E-state index contributed by atoms with van der Waals surface area (Å²) in [5, 5.41) is 16.1. The number of hydrogen-bond acceptors (Lipinski definition) is 8. The normalized spacial score (nSPS) is 16.6. The summed E-state index contributed by atoms with van der Waals surface area (Å²) in [6, 6.07) is -0.230. The molecule has 1 fully saturated rings. The predicted molar refractivity (Wildman–Crippen MR) is 107 cm³/mol. The number of nitrogens with zero attached hydrogens (tertiary/aromatic N) is 4. The molecule has 0 saturated heterocycles. The van der Waals surface area contributed by atoms with Crippen LogP contribution in [0.1, 0.15) is 32.3 Å². The highest BCUT2D eigenvalue weighted by Gasteiger charge is 2.35. The molecule has 29 heavy (non-hydrogen) atoms. The lowest BCUT2D eigenvalue weighted by Gasteiger charge is -2.15. The van der Waals surface area contributed by atoms with Crippen LogP contribution in [0.4, 0.5) is 24.9 Å². The molecule has 9 nitrogen and oxygen atoms in total. The molecule has 2 rings (SSSR count). The van der Waals surface area contributed by atoms with E-state index in [9.17, 15) is 13.2 Å². The van der Waals surface area contributed by atoms with Crippen molar-refractivity contribution in [3.05, 3.63) is 23.5 Å². The number of amidine groups is 1. The van der Waals surface area contributed by atoms with E-state index >= 15 is 0 Å². The van der Waals surface area contributed by atoms with Crippen molar-refractivity contribution in [2.75, 3.05) is 17.2 Å². The van der Waals surface area contributed by atoms with Crippen molar-refractivity contribution in [3.8, 4) is 0 Å². The number of nitrogens with one attached hydrogen (secondary N) is 4. The van der Waals surface area contributed by atoms with Crippen molar-refractivity contribution >= 4 is 30.0 Å². The van der Waals surface area contributed by atoms with Gasteiger partial charge in [-0.15, -0.1) is 0 Å². The molecule has 1 unspecified atom stereocenters. The molecule has 1 atom stereocenters. The van der Waals surface area contributed by atoms with E-state index in [1.165, 1.54) is 6.21 Å². The Morgan fingerprint density at radius 2 is 2.17 bits per heavy atom. The van der Waals surface area contributed by atoms with Gasteiger partial charge in [-0.2, -0.15) is 23.3 Å². The zero-order valence-corrected chi connectivity index (χ0v) is 16.1. The molecule has 0 aliphatic heterocycles. The van der Waals surface area contributed by atoms with Crippen LogP contribution in [0, 0.1) is 5.41 Å². The molecule has 158 valence electrons. The first-order chi connectivity index (χ1) is 13.7. The first-order valence-corrected chi connectivity index (χ1v) is 9.02. The number of aliphatic imine (C=N–C) groups is 1. The molecule has 6 N–H and O–H groups in total. The van der Waals surface area contributed by atoms with E-state index in [2.05, 4.69) is 36.1 Å². The van der Waals surface area contributed by atoms with Gasteiger partial charge >= 0.3 is 6.18 Å². The van der Waals surface area contributed by atoms with E-state index in [0.717, 1.165) is 25.3 Å². The second kappa shape index (κ2) is 9.85. The van der Waals surface area contributed by atoms with E-state index < -0.39 is 11.7 Å². The molecule has 1 heterocycles. The lowest BCUT2D eigenvalue weighted by atomic mass is 10.2. The highest BCUT2D eigenvalue weighted by molar-refractivity contribution is 6.14. The standard InChI is InChI=1S/C17H24F3N9/c1-3-23-15-12(17(18,19)20)9-24-16(28-15)27-14(26-11-4-5-11)8-13(22)10(2)29-25-7-6-21/h6-11,21,29H,3-5,22H2,1-2H3,(H2,23,24,26,27,28)/b13-8?,21-6?,25-7-. The van der Waals surface area contributed by atoms with E-state index in [1.807, 2.05) is 0 Å². The number of rotatable bonds is 9. The van der Waals surface area contributed by atoms with Crippen LogP contribution in [0.25, 0.3) is 0 Å². The molecule has 1 aliphatic carbocycles. The fraction of sp³-hybridized carbons (Fsp3) is 0.471. The zero-order valence-electron chi connectivity index (χ0n) is 16.1. The highest BCUT2D eigenvalue weighted by atomic mass is 19.4. The molecule has 12 heteroatoms. The summed E-state index contributed by atoms with van der Waals surface area (Å²) in [6.45, 7) is 3.71. The minimum Gasteiger partial charge on any atom is -0.400 e. The molecule has 1 aliphatic rings. The highest BCUT2D eigenvalue weighted by Crippen LogP contribution is 2.33. The Morgan fingerprint density at radius 3 is 2.76 bits per heavy atom. The van der Waals surface area contributed by atoms with Crippen LogP contribution < -0.4 is 21.8 Å². The van der Waals surface area contributed by atoms with Crippen LogP contribution in [0.15, 0.2) is 28.1 Å². The Hall–Kier alpha value is -3.18. The molecule has 0 amide bonds. The number of nitrogens with two attached hydrogens (primary N) is 1. The van der Waals surface area contributed by atoms with E-state index in [0.29, 0.717) is 11.5 Å². The van der Waals surface area contributed by atoms with Crippen LogP contribution in [0.3, 0.4) is 0 Å². The first kappa shape index (κ1) is 22.1. The summed E-state index contributed by atoms with van der Waals surface area (Å²) in [6.07, 6.45) is 1.85. The maximum absolute atomic E-state index is 13.1. The van der Waals surface area contributed by atoms with Gasteiger partial charge in [0.05, 0.1) is 18.3 Å². The molecule has 0 aromatic carbocycles. The van der Waals surface area contributed by atoms with Gasteiger partial charge in [0.1, 0.15) is 17.2 Å². The summed E-state index contributed by atoms with van der Waals surface area (Å²) >= 11 is 0. The van der Waals surface area contributed by atoms with Crippen molar-refractivity contribution in [3.63, 3.8) is 0 Å². The van der Waals surface area contributed by atoms with Crippen molar-refractivity contribution in [2.24, 2.45) is 15.8 Å². The lowest BCUT2D eigenvalue weighted by Crippen LogP contribution is -2.29. The average molecular weight is 411 g/mol. The first-order valence-electron chi connectivity index (χ1n) is 9.02. The Labute approximate surface area is 166 Å². The van der Waals surface area contributed by atoms with E-state index in [1.54, 1.807) is 19.9 Å². The van der Waals surface area contributed by atoms with Gasteiger partial charge < -0.3 is 27.2 Å². The topological polar surface area (TPSA) is 136 Å². The molecule has 0 bridgehead atoms. The van der Waals surface area contributed by atoms with Gasteiger partial charge in [0, 0.05) is 30.7 Å². The van der Waals surface area contributed by atoms with Crippen molar-refractivity contribution in [1.29, 1.82) is 5.41 Å². The maximum Gasteiger partial charge on any atom is 0.421 e. The number of aromatic nitrogens is 2. The Kier molecular flexibility index (Phi) is 7.51. The predicted octanol–water partition coefficient (Wildman–Crippen LogP) is 2.36. The summed E-state index contributed by atoms with van der Waals surface area (Å²) in [7, 11) is 0. The summed E-state index contributed by atoms with van der Waals surface area (Å²) < 4.78 is 39.3. The lowest BCUT2D eigenvalue weighted by molar-refractivity contribution is -0.137. The van der Waals surface area contributed by atoms with Gasteiger partial charge in [0.25, 0.3) is 0 Å². The summed E-state index contributed by atoms with van der Waals surface area (Å²) in [5.74, 6) is 0.00738. The zero-order chi connectivity index (χ0) is 21.4. The third-order valence-electron chi connectivity index (χ3n) is 3.77. The van der Waals surface area contributed by atoms with Crippen molar-refractivity contribution < 1.29 is 13.2 Å². The molecule has 0 radical (unpaired) electrons. The monoisotopic (exact) mass is 411 g/mol. The van der Waals surface area contributed by atoms with E-state index in [-0.39, 0.29) is 30.4 Å². The van der Waals surface area contributed by atoms with Gasteiger partial charge in [-0.3, -0.25) is 4.99 Å². The van der Waals surface area contributed by atoms with E-state index in [4.69, 9.17) is 11.1 Å². The largest absolute Gasteiger partial charge is 0.421 e. The number of hydrazone groups is 1. The summed E-state index contributed by atoms with van der Waals surface area (Å²) in [5.41, 5.74) is 8.25. The van der Waals surface area contributed by atoms with Crippen LogP contribution >= 0.6 is 0 Å². The van der Waals surface area contributed by atoms with Crippen LogP contribution in [0.5, 0.6) is 0 Å². The fourth-order valence-corrected chi connectivity index (χ4v) is 2.12. The van der Waals surface area contributed by atoms with Gasteiger partial charge in [-0.1, -0.05) is 0 Å². The Balaban J connectivity index is 2.24. The summed E-state index contributed by atoms with van der Waals surface area (Å²) in [4.78, 5) is 12.2. The number of hydrogen-bond donors (Lipinski definition) is 5. The smallest absolute Gasteiger partial charge is 0.400 e. The minimum atomic E-state index is -4.57. The molecule has 1 aromatic heterocycles. The maximum atomic E-state index is 13.1. The molecule has 1 saturated carbocycles. The quantitative estimate of drug-likeness (QED) is 0.240. The molecule has 1 aromatic rings. The van der Waals surface area contributed by atoms with Crippen molar-refractivity contribution in [1.82, 2.24) is 15.4 Å². The SMILES string of the molecule is CCNc1nc(NC(C=C(N)C(C)N/N=C\C=N)=NC2CC2)ncc1C(F)(F)F. The van der Waals surface area contributed by atoms with Gasteiger partial charge in [-0.05, 0) is 26.7 Å². The van der Waals surface area contributed by atoms with Gasteiger partial charge in [0.15, 0.2) is 0 Å². The number of halogens is 3. The second-order valence-corrected chi connectivity index (χ2v) is 6.29. The molecular weight excluding hydrogens is 387 g/mol. The second-order valence-electron chi connectivity index (χ2n) is 6.29. The Bertz CT molecular complexity index is 798. The average Bonchev–Trinajstić information content (AvgIpc) is 3.45. The molecule has 0 spiro atoms. The Morgan fingerprint density at radius 1 is 1.45 bits per heavy atom. The van der Waals surface area contributed by atoms with Gasteiger partial charge in [0.2, 0.25) is 5.95 Å². The minimum absolute atomic E-state index is 0.0279. The van der Waals surface area contributed by atoms with Gasteiger partial charge in [-0.25, -0.2) is 4.98 Å². The van der Waals surface area contributed by atoms with Crippen molar-refractivity contribution in [2.45, 2.75) is 44.9 Å². The molecular formula is C17H24F3N9.